The molecule has 0 spiro atoms. The summed E-state index contributed by atoms with van der Waals surface area (Å²) in [6, 6.07) is 8.76. The van der Waals surface area contributed by atoms with Gasteiger partial charge < -0.3 is 15.2 Å². The predicted molar refractivity (Wildman–Crippen MR) is 77.7 cm³/mol. The second-order valence-corrected chi connectivity index (χ2v) is 6.38. The molecule has 0 saturated heterocycles. The van der Waals surface area contributed by atoms with Gasteiger partial charge in [0.15, 0.2) is 0 Å². The van der Waals surface area contributed by atoms with Gasteiger partial charge >= 0.3 is 0 Å². The highest BCUT2D eigenvalue weighted by atomic mass is 16.5. The van der Waals surface area contributed by atoms with Crippen LogP contribution in [-0.4, -0.2) is 30.4 Å². The molecule has 0 radical (unpaired) electrons. The number of aliphatic hydroxyl groups is 1. The molecule has 1 unspecified atom stereocenters. The molecule has 3 heteroatoms. The van der Waals surface area contributed by atoms with Crippen molar-refractivity contribution in [1.29, 1.82) is 0 Å². The van der Waals surface area contributed by atoms with Gasteiger partial charge in [-0.15, -0.1) is 0 Å². The molecule has 0 bridgehead atoms. The van der Waals surface area contributed by atoms with Crippen LogP contribution >= 0.6 is 0 Å². The van der Waals surface area contributed by atoms with Crippen molar-refractivity contribution < 1.29 is 9.84 Å². The summed E-state index contributed by atoms with van der Waals surface area (Å²) in [5, 5.41) is 12.8. The van der Waals surface area contributed by atoms with E-state index in [1.807, 2.05) is 18.2 Å². The molecular formula is C16H25NO2. The van der Waals surface area contributed by atoms with Gasteiger partial charge in [0.05, 0.1) is 12.6 Å². The van der Waals surface area contributed by atoms with Gasteiger partial charge in [-0.05, 0) is 29.9 Å². The molecule has 1 saturated carbocycles. The maximum atomic E-state index is 9.37. The van der Waals surface area contributed by atoms with E-state index < -0.39 is 0 Å². The molecule has 2 rings (SSSR count). The lowest BCUT2D eigenvalue weighted by Gasteiger charge is -2.24. The first kappa shape index (κ1) is 14.4. The average Bonchev–Trinajstić information content (AvgIpc) is 3.17. The van der Waals surface area contributed by atoms with Gasteiger partial charge in [-0.1, -0.05) is 39.0 Å². The molecule has 0 amide bonds. The number of hydrogen-bond donors (Lipinski definition) is 2. The lowest BCUT2D eigenvalue weighted by Crippen LogP contribution is -2.39. The second-order valence-electron chi connectivity index (χ2n) is 6.38. The lowest BCUT2D eigenvalue weighted by atomic mass is 9.86. The summed E-state index contributed by atoms with van der Waals surface area (Å²) in [7, 11) is 0. The number of ether oxygens (including phenoxy) is 1. The van der Waals surface area contributed by atoms with Gasteiger partial charge in [-0.25, -0.2) is 0 Å². The van der Waals surface area contributed by atoms with Crippen LogP contribution in [0.5, 0.6) is 5.75 Å². The Morgan fingerprint density at radius 3 is 2.58 bits per heavy atom. The van der Waals surface area contributed by atoms with Crippen molar-refractivity contribution in [3.8, 4) is 5.75 Å². The van der Waals surface area contributed by atoms with Crippen molar-refractivity contribution in [3.63, 3.8) is 0 Å². The average molecular weight is 263 g/mol. The number of benzene rings is 1. The molecule has 0 aliphatic heterocycles. The van der Waals surface area contributed by atoms with E-state index >= 15 is 0 Å². The van der Waals surface area contributed by atoms with Crippen molar-refractivity contribution >= 4 is 0 Å². The molecule has 1 aliphatic rings. The van der Waals surface area contributed by atoms with E-state index in [1.165, 1.54) is 18.4 Å². The summed E-state index contributed by atoms with van der Waals surface area (Å²) in [4.78, 5) is 0. The minimum atomic E-state index is 0.0283. The Bertz CT molecular complexity index is 407. The first-order valence-corrected chi connectivity index (χ1v) is 7.10. The van der Waals surface area contributed by atoms with Crippen LogP contribution < -0.4 is 10.1 Å². The molecule has 1 aromatic carbocycles. The van der Waals surface area contributed by atoms with Crippen LogP contribution in [-0.2, 0) is 5.41 Å². The quantitative estimate of drug-likeness (QED) is 0.828. The summed E-state index contributed by atoms with van der Waals surface area (Å²) in [5.74, 6) is 0.922. The van der Waals surface area contributed by atoms with E-state index in [9.17, 15) is 5.11 Å². The zero-order valence-corrected chi connectivity index (χ0v) is 12.1. The zero-order valence-electron chi connectivity index (χ0n) is 12.1. The molecule has 1 aromatic rings. The maximum Gasteiger partial charge on any atom is 0.123 e. The Hall–Kier alpha value is -1.06. The van der Waals surface area contributed by atoms with E-state index in [0.29, 0.717) is 12.6 Å². The van der Waals surface area contributed by atoms with E-state index in [1.54, 1.807) is 0 Å². The maximum absolute atomic E-state index is 9.37. The van der Waals surface area contributed by atoms with Crippen LogP contribution in [0.25, 0.3) is 0 Å². The van der Waals surface area contributed by atoms with E-state index in [0.717, 1.165) is 5.75 Å². The van der Waals surface area contributed by atoms with Gasteiger partial charge in [0, 0.05) is 6.04 Å². The molecule has 1 aliphatic carbocycles. The third-order valence-electron chi connectivity index (χ3n) is 3.40. The molecule has 0 heterocycles. The SMILES string of the molecule is CC(C)(C)c1ccccc1OCC(CO)NC1CC1. The van der Waals surface area contributed by atoms with Gasteiger partial charge in [0.2, 0.25) is 0 Å². The second kappa shape index (κ2) is 5.93. The van der Waals surface area contributed by atoms with Crippen LogP contribution in [0.4, 0.5) is 0 Å². The molecule has 19 heavy (non-hydrogen) atoms. The highest BCUT2D eigenvalue weighted by Gasteiger charge is 2.25. The minimum absolute atomic E-state index is 0.0283. The molecule has 3 nitrogen and oxygen atoms in total. The van der Waals surface area contributed by atoms with Crippen LogP contribution in [0, 0.1) is 0 Å². The Balaban J connectivity index is 1.97. The number of rotatable bonds is 6. The number of aliphatic hydroxyl groups excluding tert-OH is 1. The number of para-hydroxylation sites is 1. The number of nitrogens with one attached hydrogen (secondary N) is 1. The predicted octanol–water partition coefficient (Wildman–Crippen LogP) is 2.48. The minimum Gasteiger partial charge on any atom is -0.492 e. The summed E-state index contributed by atoms with van der Waals surface area (Å²) >= 11 is 0. The standard InChI is InChI=1S/C16H25NO2/c1-16(2,3)14-6-4-5-7-15(14)19-11-13(10-18)17-12-8-9-12/h4-7,12-13,17-18H,8-11H2,1-3H3. The summed E-state index contributed by atoms with van der Waals surface area (Å²) in [5.41, 5.74) is 1.27. The molecule has 0 aromatic heterocycles. The van der Waals surface area contributed by atoms with Crippen molar-refractivity contribution in [2.75, 3.05) is 13.2 Å². The topological polar surface area (TPSA) is 41.5 Å². The Kier molecular flexibility index (Phi) is 4.48. The van der Waals surface area contributed by atoms with Crippen molar-refractivity contribution in [3.05, 3.63) is 29.8 Å². The van der Waals surface area contributed by atoms with Gasteiger partial charge in [0.25, 0.3) is 0 Å². The summed E-state index contributed by atoms with van der Waals surface area (Å²) in [6.07, 6.45) is 2.43. The largest absolute Gasteiger partial charge is 0.492 e. The normalized spacial score (nSPS) is 17.3. The monoisotopic (exact) mass is 263 g/mol. The van der Waals surface area contributed by atoms with Crippen LogP contribution in [0.2, 0.25) is 0 Å². The third kappa shape index (κ3) is 4.22. The van der Waals surface area contributed by atoms with Gasteiger partial charge in [-0.3, -0.25) is 0 Å². The molecule has 1 fully saturated rings. The first-order chi connectivity index (χ1) is 9.00. The Morgan fingerprint density at radius 2 is 2.00 bits per heavy atom. The first-order valence-electron chi connectivity index (χ1n) is 7.10. The highest BCUT2D eigenvalue weighted by molar-refractivity contribution is 5.38. The van der Waals surface area contributed by atoms with Crippen molar-refractivity contribution in [1.82, 2.24) is 5.32 Å². The molecule has 1 atom stereocenters. The fourth-order valence-corrected chi connectivity index (χ4v) is 2.14. The zero-order chi connectivity index (χ0) is 13.9. The van der Waals surface area contributed by atoms with Crippen LogP contribution in [0.3, 0.4) is 0 Å². The number of hydrogen-bond acceptors (Lipinski definition) is 3. The van der Waals surface area contributed by atoms with E-state index in [2.05, 4.69) is 32.2 Å². The molecule has 2 N–H and O–H groups in total. The van der Waals surface area contributed by atoms with Crippen LogP contribution in [0.15, 0.2) is 24.3 Å². The van der Waals surface area contributed by atoms with Crippen molar-refractivity contribution in [2.45, 2.75) is 51.1 Å². The van der Waals surface area contributed by atoms with E-state index in [-0.39, 0.29) is 18.1 Å². The molecular weight excluding hydrogens is 238 g/mol. The molecule has 106 valence electrons. The van der Waals surface area contributed by atoms with E-state index in [4.69, 9.17) is 4.74 Å². The third-order valence-corrected chi connectivity index (χ3v) is 3.40. The lowest BCUT2D eigenvalue weighted by molar-refractivity contribution is 0.180. The fraction of sp³-hybridized carbons (Fsp3) is 0.625. The van der Waals surface area contributed by atoms with Crippen LogP contribution in [0.1, 0.15) is 39.2 Å². The fourth-order valence-electron chi connectivity index (χ4n) is 2.14. The summed E-state index contributed by atoms with van der Waals surface area (Å²) < 4.78 is 5.92. The Morgan fingerprint density at radius 1 is 1.32 bits per heavy atom. The van der Waals surface area contributed by atoms with Crippen molar-refractivity contribution in [2.24, 2.45) is 0 Å². The van der Waals surface area contributed by atoms with Gasteiger partial charge in [-0.2, -0.15) is 0 Å². The van der Waals surface area contributed by atoms with Gasteiger partial charge in [0.1, 0.15) is 12.4 Å². The summed E-state index contributed by atoms with van der Waals surface area (Å²) in [6.45, 7) is 7.18. The highest BCUT2D eigenvalue weighted by Crippen LogP contribution is 2.31. The smallest absolute Gasteiger partial charge is 0.123 e. The Labute approximate surface area is 116 Å².